The molecule has 3 N–H and O–H groups in total. The molecule has 0 fully saturated rings. The van der Waals surface area contributed by atoms with E-state index in [2.05, 4.69) is 18.1 Å². The molecule has 70 valence electrons. The number of benzene rings is 1. The highest BCUT2D eigenvalue weighted by atomic mass is 32.1. The molecule has 3 nitrogen and oxygen atoms in total. The first-order valence-electron chi connectivity index (χ1n) is 3.96. The second kappa shape index (κ2) is 4.89. The summed E-state index contributed by atoms with van der Waals surface area (Å²) in [6.45, 7) is 0. The van der Waals surface area contributed by atoms with E-state index in [4.69, 9.17) is 5.84 Å². The SMILES string of the molecule is NNC(=O)CC(S)c1ccccc1. The van der Waals surface area contributed by atoms with Crippen LogP contribution in [0.15, 0.2) is 30.3 Å². The van der Waals surface area contributed by atoms with Gasteiger partial charge in [0.1, 0.15) is 0 Å². The van der Waals surface area contributed by atoms with E-state index in [1.165, 1.54) is 0 Å². The lowest BCUT2D eigenvalue weighted by atomic mass is 10.1. The van der Waals surface area contributed by atoms with Gasteiger partial charge in [-0.2, -0.15) is 12.6 Å². The van der Waals surface area contributed by atoms with Gasteiger partial charge in [0, 0.05) is 11.7 Å². The third-order valence-electron chi connectivity index (χ3n) is 1.72. The van der Waals surface area contributed by atoms with Crippen molar-refractivity contribution in [3.8, 4) is 0 Å². The van der Waals surface area contributed by atoms with Crippen LogP contribution < -0.4 is 11.3 Å². The molecule has 0 spiro atoms. The van der Waals surface area contributed by atoms with Crippen molar-refractivity contribution in [2.45, 2.75) is 11.7 Å². The van der Waals surface area contributed by atoms with E-state index in [0.29, 0.717) is 6.42 Å². The van der Waals surface area contributed by atoms with Gasteiger partial charge in [-0.15, -0.1) is 0 Å². The monoisotopic (exact) mass is 196 g/mol. The normalized spacial score (nSPS) is 12.2. The molecule has 0 heterocycles. The quantitative estimate of drug-likeness (QED) is 0.293. The number of carbonyl (C=O) groups excluding carboxylic acids is 1. The molecule has 0 radical (unpaired) electrons. The van der Waals surface area contributed by atoms with Gasteiger partial charge >= 0.3 is 0 Å². The first-order chi connectivity index (χ1) is 6.24. The van der Waals surface area contributed by atoms with E-state index < -0.39 is 0 Å². The van der Waals surface area contributed by atoms with Crippen molar-refractivity contribution in [3.05, 3.63) is 35.9 Å². The molecule has 0 saturated heterocycles. The molecule has 0 saturated carbocycles. The molecule has 1 atom stereocenters. The van der Waals surface area contributed by atoms with Crippen LogP contribution in [0.5, 0.6) is 0 Å². The molecule has 0 aromatic heterocycles. The minimum absolute atomic E-state index is 0.0928. The van der Waals surface area contributed by atoms with E-state index in [9.17, 15) is 4.79 Å². The molecule has 0 aliphatic rings. The molecule has 1 aromatic rings. The first kappa shape index (κ1) is 10.1. The van der Waals surface area contributed by atoms with Crippen LogP contribution in [0.25, 0.3) is 0 Å². The number of carbonyl (C=O) groups is 1. The molecule has 1 unspecified atom stereocenters. The van der Waals surface area contributed by atoms with Crippen LogP contribution in [0.1, 0.15) is 17.2 Å². The summed E-state index contributed by atoms with van der Waals surface area (Å²) in [4.78, 5) is 10.9. The predicted octanol–water partition coefficient (Wildman–Crippen LogP) is 1.04. The third-order valence-corrected chi connectivity index (χ3v) is 2.20. The van der Waals surface area contributed by atoms with Crippen molar-refractivity contribution in [3.63, 3.8) is 0 Å². The summed E-state index contributed by atoms with van der Waals surface area (Å²) in [5, 5.41) is -0.0928. The summed E-state index contributed by atoms with van der Waals surface area (Å²) in [7, 11) is 0. The van der Waals surface area contributed by atoms with Crippen LogP contribution in [0, 0.1) is 0 Å². The number of thiol groups is 1. The molecule has 1 aromatic carbocycles. The zero-order valence-electron chi connectivity index (χ0n) is 7.10. The van der Waals surface area contributed by atoms with E-state index >= 15 is 0 Å². The Hall–Kier alpha value is -1.00. The Labute approximate surface area is 82.7 Å². The molecule has 0 bridgehead atoms. The smallest absolute Gasteiger partial charge is 0.235 e. The van der Waals surface area contributed by atoms with E-state index in [-0.39, 0.29) is 11.2 Å². The fourth-order valence-electron chi connectivity index (χ4n) is 1.03. The Morgan fingerprint density at radius 1 is 1.46 bits per heavy atom. The lowest BCUT2D eigenvalue weighted by Crippen LogP contribution is -2.30. The summed E-state index contributed by atoms with van der Waals surface area (Å²) in [6.07, 6.45) is 0.295. The summed E-state index contributed by atoms with van der Waals surface area (Å²) in [5.41, 5.74) is 3.10. The summed E-state index contributed by atoms with van der Waals surface area (Å²) >= 11 is 4.30. The van der Waals surface area contributed by atoms with Gasteiger partial charge in [0.25, 0.3) is 0 Å². The molecular weight excluding hydrogens is 184 g/mol. The maximum atomic E-state index is 10.9. The van der Waals surface area contributed by atoms with Crippen LogP contribution in [-0.4, -0.2) is 5.91 Å². The topological polar surface area (TPSA) is 55.1 Å². The van der Waals surface area contributed by atoms with Crippen LogP contribution >= 0.6 is 12.6 Å². The molecule has 0 aliphatic heterocycles. The highest BCUT2D eigenvalue weighted by molar-refractivity contribution is 7.80. The average molecular weight is 196 g/mol. The van der Waals surface area contributed by atoms with Crippen molar-refractivity contribution in [2.75, 3.05) is 0 Å². The van der Waals surface area contributed by atoms with E-state index in [1.54, 1.807) is 0 Å². The maximum Gasteiger partial charge on any atom is 0.235 e. The fraction of sp³-hybridized carbons (Fsp3) is 0.222. The highest BCUT2D eigenvalue weighted by Crippen LogP contribution is 2.22. The number of rotatable bonds is 3. The minimum Gasteiger partial charge on any atom is -0.294 e. The van der Waals surface area contributed by atoms with Crippen LogP contribution in [0.3, 0.4) is 0 Å². The lowest BCUT2D eigenvalue weighted by Gasteiger charge is -2.08. The number of hydrazine groups is 1. The zero-order valence-corrected chi connectivity index (χ0v) is 8.00. The van der Waals surface area contributed by atoms with Crippen molar-refractivity contribution in [2.24, 2.45) is 5.84 Å². The van der Waals surface area contributed by atoms with E-state index in [1.807, 2.05) is 30.3 Å². The number of hydrogen-bond donors (Lipinski definition) is 3. The average Bonchev–Trinajstić information content (AvgIpc) is 2.19. The Morgan fingerprint density at radius 3 is 2.62 bits per heavy atom. The summed E-state index contributed by atoms with van der Waals surface area (Å²) in [6, 6.07) is 9.62. The largest absolute Gasteiger partial charge is 0.294 e. The van der Waals surface area contributed by atoms with Crippen molar-refractivity contribution in [1.82, 2.24) is 5.43 Å². The van der Waals surface area contributed by atoms with Gasteiger partial charge in [0.15, 0.2) is 0 Å². The Bertz CT molecular complexity index is 276. The third kappa shape index (κ3) is 3.08. The number of hydrogen-bond acceptors (Lipinski definition) is 3. The second-order valence-electron chi connectivity index (χ2n) is 2.70. The second-order valence-corrected chi connectivity index (χ2v) is 3.32. The van der Waals surface area contributed by atoms with Crippen molar-refractivity contribution < 1.29 is 4.79 Å². The predicted molar refractivity (Wildman–Crippen MR) is 55.1 cm³/mol. The van der Waals surface area contributed by atoms with Gasteiger partial charge in [0.05, 0.1) is 0 Å². The van der Waals surface area contributed by atoms with Gasteiger partial charge in [-0.25, -0.2) is 5.84 Å². The Kier molecular flexibility index (Phi) is 3.79. The maximum absolute atomic E-state index is 10.9. The molecule has 1 amide bonds. The summed E-state index contributed by atoms with van der Waals surface area (Å²) in [5.74, 6) is 4.76. The number of nitrogens with two attached hydrogens (primary N) is 1. The van der Waals surface area contributed by atoms with E-state index in [0.717, 1.165) is 5.56 Å². The van der Waals surface area contributed by atoms with Gasteiger partial charge in [-0.1, -0.05) is 30.3 Å². The molecular formula is C9H12N2OS. The minimum atomic E-state index is -0.205. The van der Waals surface area contributed by atoms with Crippen LogP contribution in [0.4, 0.5) is 0 Å². The van der Waals surface area contributed by atoms with Crippen molar-refractivity contribution in [1.29, 1.82) is 0 Å². The van der Waals surface area contributed by atoms with Crippen LogP contribution in [0.2, 0.25) is 0 Å². The summed E-state index contributed by atoms with van der Waals surface area (Å²) < 4.78 is 0. The first-order valence-corrected chi connectivity index (χ1v) is 4.48. The molecule has 4 heteroatoms. The van der Waals surface area contributed by atoms with Gasteiger partial charge in [-0.3, -0.25) is 10.2 Å². The number of amides is 1. The lowest BCUT2D eigenvalue weighted by molar-refractivity contribution is -0.121. The van der Waals surface area contributed by atoms with Gasteiger partial charge < -0.3 is 0 Å². The van der Waals surface area contributed by atoms with Crippen molar-refractivity contribution >= 4 is 18.5 Å². The molecule has 1 rings (SSSR count). The fourth-order valence-corrected chi connectivity index (χ4v) is 1.37. The molecule has 13 heavy (non-hydrogen) atoms. The standard InChI is InChI=1S/C9H12N2OS/c10-11-9(12)6-8(13)7-4-2-1-3-5-7/h1-5,8,13H,6,10H2,(H,11,12). The highest BCUT2D eigenvalue weighted by Gasteiger charge is 2.09. The van der Waals surface area contributed by atoms with Gasteiger partial charge in [0.2, 0.25) is 5.91 Å². The molecule has 0 aliphatic carbocycles. The zero-order chi connectivity index (χ0) is 9.68. The number of nitrogens with one attached hydrogen (secondary N) is 1. The Balaban J connectivity index is 2.59. The van der Waals surface area contributed by atoms with Crippen LogP contribution in [-0.2, 0) is 4.79 Å². The Morgan fingerprint density at radius 2 is 2.08 bits per heavy atom. The van der Waals surface area contributed by atoms with Gasteiger partial charge in [-0.05, 0) is 5.56 Å².